The van der Waals surface area contributed by atoms with Crippen molar-refractivity contribution in [1.29, 1.82) is 0 Å². The molecule has 3 rings (SSSR count). The van der Waals surface area contributed by atoms with Gasteiger partial charge in [-0.15, -0.1) is 0 Å². The Hall–Kier alpha value is -3.11. The number of phenols is 1. The quantitative estimate of drug-likeness (QED) is 0.553. The summed E-state index contributed by atoms with van der Waals surface area (Å²) in [5.74, 6) is -0.519. The molecule has 0 aromatic heterocycles. The van der Waals surface area contributed by atoms with Gasteiger partial charge in [0.2, 0.25) is 0 Å². The van der Waals surface area contributed by atoms with Gasteiger partial charge in [-0.1, -0.05) is 66.7 Å². The molecule has 0 atom stereocenters. The highest BCUT2D eigenvalue weighted by molar-refractivity contribution is 5.66. The Morgan fingerprint density at radius 2 is 1.48 bits per heavy atom. The summed E-state index contributed by atoms with van der Waals surface area (Å²) in [6.07, 6.45) is 0.974. The third kappa shape index (κ3) is 6.47. The predicted molar refractivity (Wildman–Crippen MR) is 115 cm³/mol. The lowest BCUT2D eigenvalue weighted by Gasteiger charge is -2.22. The lowest BCUT2D eigenvalue weighted by molar-refractivity contribution is -0.137. The van der Waals surface area contributed by atoms with Gasteiger partial charge in [0.25, 0.3) is 0 Å². The minimum Gasteiger partial charge on any atom is -0.508 e. The maximum atomic E-state index is 11.1. The van der Waals surface area contributed by atoms with Crippen LogP contribution in [0.5, 0.6) is 5.75 Å². The fourth-order valence-corrected chi connectivity index (χ4v) is 3.47. The first-order chi connectivity index (χ1) is 14.0. The van der Waals surface area contributed by atoms with E-state index in [-0.39, 0.29) is 12.2 Å². The van der Waals surface area contributed by atoms with E-state index in [0.717, 1.165) is 17.5 Å². The molecule has 0 unspecified atom stereocenters. The Morgan fingerprint density at radius 1 is 0.828 bits per heavy atom. The van der Waals surface area contributed by atoms with Gasteiger partial charge in [-0.05, 0) is 47.2 Å². The predicted octanol–water partition coefficient (Wildman–Crippen LogP) is 4.77. The second-order valence-corrected chi connectivity index (χ2v) is 7.46. The minimum absolute atomic E-state index is 0.0980. The molecule has 0 heterocycles. The van der Waals surface area contributed by atoms with Crippen LogP contribution >= 0.6 is 0 Å². The van der Waals surface area contributed by atoms with Crippen molar-refractivity contribution in [2.24, 2.45) is 0 Å². The lowest BCUT2D eigenvalue weighted by atomic mass is 10.0. The largest absolute Gasteiger partial charge is 0.508 e. The van der Waals surface area contributed by atoms with Crippen molar-refractivity contribution >= 4 is 5.97 Å². The summed E-state index contributed by atoms with van der Waals surface area (Å²) in [5, 5.41) is 18.9. The minimum atomic E-state index is -0.797. The van der Waals surface area contributed by atoms with Crippen LogP contribution in [0.3, 0.4) is 0 Å². The van der Waals surface area contributed by atoms with Crippen LogP contribution in [-0.4, -0.2) is 27.6 Å². The SMILES string of the molecule is Cc1cc(CN(CCC(=O)O)Cc2cccc(Cc3ccccc3)c2)ccc1O. The van der Waals surface area contributed by atoms with Gasteiger partial charge < -0.3 is 10.2 Å². The number of nitrogens with zero attached hydrogens (tertiary/aromatic N) is 1. The lowest BCUT2D eigenvalue weighted by Crippen LogP contribution is -2.25. The Kier molecular flexibility index (Phi) is 7.04. The molecule has 0 saturated carbocycles. The molecule has 3 aromatic rings. The summed E-state index contributed by atoms with van der Waals surface area (Å²) in [6.45, 7) is 3.65. The summed E-state index contributed by atoms with van der Waals surface area (Å²) in [4.78, 5) is 13.2. The fraction of sp³-hybridized carbons (Fsp3) is 0.240. The van der Waals surface area contributed by atoms with E-state index in [1.165, 1.54) is 16.7 Å². The zero-order valence-corrected chi connectivity index (χ0v) is 16.7. The molecule has 0 radical (unpaired) electrons. The van der Waals surface area contributed by atoms with Gasteiger partial charge in [-0.3, -0.25) is 9.69 Å². The van der Waals surface area contributed by atoms with Crippen LogP contribution in [0, 0.1) is 6.92 Å². The number of aromatic hydroxyl groups is 1. The summed E-state index contributed by atoms with van der Waals surface area (Å²) < 4.78 is 0. The second-order valence-electron chi connectivity index (χ2n) is 7.46. The number of carboxylic acids is 1. The maximum Gasteiger partial charge on any atom is 0.304 e. The molecule has 29 heavy (non-hydrogen) atoms. The number of carbonyl (C=O) groups is 1. The highest BCUT2D eigenvalue weighted by Crippen LogP contribution is 2.20. The third-order valence-corrected chi connectivity index (χ3v) is 4.96. The Labute approximate surface area is 172 Å². The summed E-state index contributed by atoms with van der Waals surface area (Å²) in [5.41, 5.74) is 5.57. The first-order valence-corrected chi connectivity index (χ1v) is 9.84. The van der Waals surface area contributed by atoms with E-state index in [2.05, 4.69) is 41.3 Å². The van der Waals surface area contributed by atoms with Gasteiger partial charge in [0.15, 0.2) is 0 Å². The molecule has 0 aliphatic carbocycles. The molecule has 0 amide bonds. The number of benzene rings is 3. The molecule has 0 fully saturated rings. The zero-order chi connectivity index (χ0) is 20.6. The van der Waals surface area contributed by atoms with Crippen LogP contribution in [0.25, 0.3) is 0 Å². The van der Waals surface area contributed by atoms with Crippen LogP contribution in [0.1, 0.15) is 34.2 Å². The van der Waals surface area contributed by atoms with E-state index in [0.29, 0.717) is 19.6 Å². The van der Waals surface area contributed by atoms with Crippen molar-refractivity contribution in [3.63, 3.8) is 0 Å². The fourth-order valence-electron chi connectivity index (χ4n) is 3.47. The number of aryl methyl sites for hydroxylation is 1. The average Bonchev–Trinajstić information content (AvgIpc) is 2.70. The number of hydrogen-bond donors (Lipinski definition) is 2. The van der Waals surface area contributed by atoms with E-state index in [9.17, 15) is 9.90 Å². The van der Waals surface area contributed by atoms with E-state index in [1.54, 1.807) is 6.07 Å². The molecule has 4 heteroatoms. The molecule has 0 saturated heterocycles. The van der Waals surface area contributed by atoms with E-state index >= 15 is 0 Å². The Balaban J connectivity index is 1.73. The van der Waals surface area contributed by atoms with Crippen LogP contribution < -0.4 is 0 Å². The molecule has 0 aliphatic heterocycles. The van der Waals surface area contributed by atoms with Crippen molar-refractivity contribution in [1.82, 2.24) is 4.90 Å². The van der Waals surface area contributed by atoms with Crippen molar-refractivity contribution in [2.75, 3.05) is 6.54 Å². The average molecular weight is 389 g/mol. The number of carboxylic acid groups (broad SMARTS) is 1. The van der Waals surface area contributed by atoms with E-state index in [4.69, 9.17) is 5.11 Å². The third-order valence-electron chi connectivity index (χ3n) is 4.96. The standard InChI is InChI=1S/C25H27NO3/c1-19-14-23(10-11-24(19)27)18-26(13-12-25(28)29)17-22-9-5-8-21(16-22)15-20-6-3-2-4-7-20/h2-11,14,16,27H,12-13,15,17-18H2,1H3,(H,28,29). The van der Waals surface area contributed by atoms with Gasteiger partial charge >= 0.3 is 5.97 Å². The smallest absolute Gasteiger partial charge is 0.304 e. The maximum absolute atomic E-state index is 11.1. The van der Waals surface area contributed by atoms with Crippen molar-refractivity contribution in [3.8, 4) is 5.75 Å². The zero-order valence-electron chi connectivity index (χ0n) is 16.7. The van der Waals surface area contributed by atoms with Crippen molar-refractivity contribution < 1.29 is 15.0 Å². The molecule has 4 nitrogen and oxygen atoms in total. The number of aliphatic carboxylic acids is 1. The van der Waals surface area contributed by atoms with Gasteiger partial charge in [-0.2, -0.15) is 0 Å². The van der Waals surface area contributed by atoms with Crippen LogP contribution in [-0.2, 0) is 24.3 Å². The normalized spacial score (nSPS) is 11.0. The van der Waals surface area contributed by atoms with Gasteiger partial charge in [-0.25, -0.2) is 0 Å². The van der Waals surface area contributed by atoms with Crippen LogP contribution in [0.4, 0.5) is 0 Å². The highest BCUT2D eigenvalue weighted by Gasteiger charge is 2.11. The van der Waals surface area contributed by atoms with Crippen LogP contribution in [0.2, 0.25) is 0 Å². The number of rotatable bonds is 9. The number of hydrogen-bond acceptors (Lipinski definition) is 3. The number of phenolic OH excluding ortho intramolecular Hbond substituents is 1. The van der Waals surface area contributed by atoms with Gasteiger partial charge in [0.05, 0.1) is 6.42 Å². The first-order valence-electron chi connectivity index (χ1n) is 9.84. The molecule has 150 valence electrons. The molecular formula is C25H27NO3. The van der Waals surface area contributed by atoms with Gasteiger partial charge in [0, 0.05) is 19.6 Å². The molecule has 3 aromatic carbocycles. The molecule has 0 spiro atoms. The van der Waals surface area contributed by atoms with Crippen molar-refractivity contribution in [2.45, 2.75) is 32.9 Å². The van der Waals surface area contributed by atoms with Crippen LogP contribution in [0.15, 0.2) is 72.8 Å². The van der Waals surface area contributed by atoms with Crippen molar-refractivity contribution in [3.05, 3.63) is 101 Å². The summed E-state index contributed by atoms with van der Waals surface area (Å²) in [6, 6.07) is 24.4. The van der Waals surface area contributed by atoms with E-state index < -0.39 is 5.97 Å². The summed E-state index contributed by atoms with van der Waals surface area (Å²) in [7, 11) is 0. The molecule has 0 bridgehead atoms. The second kappa shape index (κ2) is 9.89. The topological polar surface area (TPSA) is 60.8 Å². The van der Waals surface area contributed by atoms with E-state index in [1.807, 2.05) is 37.3 Å². The molecule has 2 N–H and O–H groups in total. The molecule has 0 aliphatic rings. The highest BCUT2D eigenvalue weighted by atomic mass is 16.4. The first kappa shape index (κ1) is 20.6. The Morgan fingerprint density at radius 3 is 2.17 bits per heavy atom. The summed E-state index contributed by atoms with van der Waals surface area (Å²) >= 11 is 0. The Bertz CT molecular complexity index is 953. The molecular weight excluding hydrogens is 362 g/mol. The monoisotopic (exact) mass is 389 g/mol. The van der Waals surface area contributed by atoms with Gasteiger partial charge in [0.1, 0.15) is 5.75 Å².